The first-order chi connectivity index (χ1) is 13.8. The molecule has 2 unspecified atom stereocenters. The molecule has 0 radical (unpaired) electrons. The second kappa shape index (κ2) is 9.24. The van der Waals surface area contributed by atoms with Crippen molar-refractivity contribution in [3.63, 3.8) is 0 Å². The molecule has 0 aliphatic heterocycles. The summed E-state index contributed by atoms with van der Waals surface area (Å²) in [4.78, 5) is 38.4. The molecule has 2 N–H and O–H groups in total. The van der Waals surface area contributed by atoms with Gasteiger partial charge in [0.25, 0.3) is 11.8 Å². The molecular weight excluding hydrogens is 1000 g/mol. The van der Waals surface area contributed by atoms with E-state index in [4.69, 9.17) is 4.74 Å². The van der Waals surface area contributed by atoms with Gasteiger partial charge in [-0.25, -0.2) is 4.79 Å². The molecule has 4 bridgehead atoms. The quantitative estimate of drug-likeness (QED) is 0.251. The minimum Gasteiger partial charge on any atom is -0.457 e. The van der Waals surface area contributed by atoms with Crippen molar-refractivity contribution >= 4 is 161 Å². The lowest BCUT2D eigenvalue weighted by molar-refractivity contribution is -0.197. The predicted octanol–water partition coefficient (Wildman–Crippen LogP) is 6.49. The van der Waals surface area contributed by atoms with Crippen molar-refractivity contribution < 1.29 is 19.1 Å². The number of hydrogen-bond acceptors (Lipinski definition) is 4. The van der Waals surface area contributed by atoms with Crippen LogP contribution in [-0.2, 0) is 19.1 Å². The molecule has 0 aromatic heterocycles. The van der Waals surface area contributed by atoms with E-state index in [-0.39, 0.29) is 17.7 Å². The van der Waals surface area contributed by atoms with E-state index in [1.165, 1.54) is 0 Å². The fourth-order valence-electron chi connectivity index (χ4n) is 5.62. The molecule has 2 atom stereocenters. The Bertz CT molecular complexity index is 692. The number of rotatable bonds is 3. The molecule has 0 aromatic rings. The number of hydrogen-bond donors (Lipinski definition) is 2. The van der Waals surface area contributed by atoms with Crippen molar-refractivity contribution in [3.8, 4) is 0 Å². The molecule has 0 aromatic carbocycles. The van der Waals surface area contributed by atoms with Crippen LogP contribution >= 0.6 is 143 Å². The highest BCUT2D eigenvalue weighted by atomic mass is 80.0. The van der Waals surface area contributed by atoms with Gasteiger partial charge in [-0.05, 0) is 175 Å². The van der Waals surface area contributed by atoms with Gasteiger partial charge in [0.05, 0.1) is 0 Å². The zero-order chi connectivity index (χ0) is 23.7. The molecule has 4 rings (SSSR count). The van der Waals surface area contributed by atoms with Gasteiger partial charge in [0.1, 0.15) is 5.60 Å². The smallest absolute Gasteiger partial charge is 0.345 e. The molecule has 0 spiro atoms. The monoisotopic (exact) mass is 1010 g/mol. The molecule has 2 amide bonds. The number of carbonyl (C=O) groups excluding carboxylic acids is 3. The van der Waals surface area contributed by atoms with Gasteiger partial charge < -0.3 is 15.4 Å². The summed E-state index contributed by atoms with van der Waals surface area (Å²) in [6, 6.07) is 0. The topological polar surface area (TPSA) is 84.5 Å². The van der Waals surface area contributed by atoms with E-state index in [1.807, 2.05) is 0 Å². The van der Waals surface area contributed by atoms with E-state index >= 15 is 0 Å². The standard InChI is InChI=1S/C16H15Br9N2O4/c17-14(18,19)8(28)26-11-1-7-2-12(4-11,27-9(29)15(20,21)22)6-13(3-7,5-11)31-10(30)16(23,24)25/h7H,1-6H2,(H,26,28)(H,27,29). The number of halogens is 9. The van der Waals surface area contributed by atoms with Crippen molar-refractivity contribution in [2.45, 2.75) is 61.6 Å². The molecule has 4 aliphatic rings. The summed E-state index contributed by atoms with van der Waals surface area (Å²) in [6.07, 6.45) is 3.59. The Balaban J connectivity index is 1.98. The highest BCUT2D eigenvalue weighted by Gasteiger charge is 2.67. The van der Waals surface area contributed by atoms with Crippen LogP contribution in [0.4, 0.5) is 0 Å². The lowest BCUT2D eigenvalue weighted by atomic mass is 9.48. The normalized spacial score (nSPS) is 34.9. The van der Waals surface area contributed by atoms with Gasteiger partial charge in [-0.1, -0.05) is 0 Å². The molecular formula is C16H15Br9N2O4. The first-order valence-electron chi connectivity index (χ1n) is 8.88. The molecule has 176 valence electrons. The van der Waals surface area contributed by atoms with E-state index in [9.17, 15) is 14.4 Å². The van der Waals surface area contributed by atoms with Crippen molar-refractivity contribution in [2.24, 2.45) is 5.92 Å². The van der Waals surface area contributed by atoms with Crippen LogP contribution in [0.1, 0.15) is 38.5 Å². The van der Waals surface area contributed by atoms with Crippen LogP contribution in [0.25, 0.3) is 0 Å². The van der Waals surface area contributed by atoms with Crippen molar-refractivity contribution in [3.05, 3.63) is 0 Å². The van der Waals surface area contributed by atoms with Gasteiger partial charge in [-0.2, -0.15) is 0 Å². The average Bonchev–Trinajstić information content (AvgIpc) is 2.49. The first-order valence-corrected chi connectivity index (χ1v) is 16.0. The number of ether oxygens (including phenoxy) is 1. The zero-order valence-corrected chi connectivity index (χ0v) is 29.6. The molecule has 4 aliphatic carbocycles. The largest absolute Gasteiger partial charge is 0.457 e. The summed E-state index contributed by atoms with van der Waals surface area (Å²) in [6.45, 7) is 0. The van der Waals surface area contributed by atoms with Gasteiger partial charge in [0, 0.05) is 23.9 Å². The van der Waals surface area contributed by atoms with Gasteiger partial charge >= 0.3 is 5.97 Å². The Kier molecular flexibility index (Phi) is 8.43. The molecule has 31 heavy (non-hydrogen) atoms. The van der Waals surface area contributed by atoms with Gasteiger partial charge in [-0.3, -0.25) is 9.59 Å². The maximum Gasteiger partial charge on any atom is 0.345 e. The van der Waals surface area contributed by atoms with Crippen molar-refractivity contribution in [1.29, 1.82) is 0 Å². The Morgan fingerprint density at radius 3 is 1.45 bits per heavy atom. The lowest BCUT2D eigenvalue weighted by Gasteiger charge is -2.65. The third-order valence-electron chi connectivity index (χ3n) is 5.83. The summed E-state index contributed by atoms with van der Waals surface area (Å²) in [7, 11) is 0. The third-order valence-corrected chi connectivity index (χ3v) is 8.96. The number of amides is 2. The summed E-state index contributed by atoms with van der Waals surface area (Å²) >= 11 is 29.3. The Labute approximate surface area is 255 Å². The molecule has 4 fully saturated rings. The fraction of sp³-hybridized carbons (Fsp3) is 0.812. The highest BCUT2D eigenvalue weighted by Crippen LogP contribution is 2.61. The van der Waals surface area contributed by atoms with Crippen LogP contribution < -0.4 is 10.6 Å². The Hall–Kier alpha value is 2.73. The second-order valence-electron chi connectivity index (χ2n) is 8.54. The van der Waals surface area contributed by atoms with Crippen LogP contribution in [0.3, 0.4) is 0 Å². The minimum atomic E-state index is -1.21. The molecule has 6 nitrogen and oxygen atoms in total. The number of alkyl halides is 9. The van der Waals surface area contributed by atoms with Crippen molar-refractivity contribution in [1.82, 2.24) is 10.6 Å². The number of esters is 1. The van der Waals surface area contributed by atoms with Gasteiger partial charge in [0.2, 0.25) is 6.43 Å². The zero-order valence-electron chi connectivity index (χ0n) is 15.4. The average molecular weight is 1020 g/mol. The van der Waals surface area contributed by atoms with E-state index in [0.717, 1.165) is 12.8 Å². The number of carbonyl (C=O) groups is 3. The summed E-state index contributed by atoms with van der Waals surface area (Å²) in [5.41, 5.74) is -2.13. The Morgan fingerprint density at radius 2 is 1.10 bits per heavy atom. The maximum atomic E-state index is 12.8. The van der Waals surface area contributed by atoms with Gasteiger partial charge in [-0.15, -0.1) is 0 Å². The minimum absolute atomic E-state index is 0.158. The maximum absolute atomic E-state index is 12.8. The van der Waals surface area contributed by atoms with Crippen LogP contribution in [0.5, 0.6) is 0 Å². The third kappa shape index (κ3) is 6.54. The van der Waals surface area contributed by atoms with E-state index in [0.29, 0.717) is 25.7 Å². The highest BCUT2D eigenvalue weighted by molar-refractivity contribution is 9.40. The predicted molar refractivity (Wildman–Crippen MR) is 150 cm³/mol. The molecule has 0 saturated heterocycles. The van der Waals surface area contributed by atoms with E-state index in [2.05, 4.69) is 154 Å². The number of nitrogens with one attached hydrogen (secondary N) is 2. The second-order valence-corrected chi connectivity index (χ2v) is 28.8. The van der Waals surface area contributed by atoms with Crippen LogP contribution in [0.15, 0.2) is 0 Å². The van der Waals surface area contributed by atoms with Crippen LogP contribution in [0.2, 0.25) is 0 Å². The SMILES string of the molecule is O=C(NC12CC3CC(NC(=O)C(Br)(Br)Br)(C1)CC(OC(=O)C(Br)(Br)Br)(C3)C2)C(Br)(Br)Br. The summed E-state index contributed by atoms with van der Waals surface area (Å²) < 4.78 is 2.59. The molecule has 15 heteroatoms. The fourth-order valence-corrected chi connectivity index (χ4v) is 6.46. The van der Waals surface area contributed by atoms with E-state index < -0.39 is 29.1 Å². The molecule has 4 saturated carbocycles. The van der Waals surface area contributed by atoms with Gasteiger partial charge in [0.15, 0.2) is 0 Å². The summed E-state index contributed by atoms with van der Waals surface area (Å²) in [5.74, 6) is -0.970. The summed E-state index contributed by atoms with van der Waals surface area (Å²) in [5, 5.41) is 6.29. The van der Waals surface area contributed by atoms with E-state index in [1.54, 1.807) is 0 Å². The first kappa shape index (κ1) is 28.3. The Morgan fingerprint density at radius 1 is 0.677 bits per heavy atom. The molecule has 0 heterocycles. The van der Waals surface area contributed by atoms with Crippen LogP contribution in [-0.4, -0.2) is 40.9 Å². The van der Waals surface area contributed by atoms with Crippen molar-refractivity contribution in [2.75, 3.05) is 0 Å². The lowest BCUT2D eigenvalue weighted by Crippen LogP contribution is -2.76. The van der Waals surface area contributed by atoms with Crippen LogP contribution in [0, 0.1) is 5.92 Å².